The number of non-ortho nitro benzene ring substituents is 1. The number of nitro groups is 1. The molecule has 0 unspecified atom stereocenters. The number of nitrogen functional groups attached to an aromatic ring is 1. The first-order valence-electron chi connectivity index (χ1n) is 8.41. The molecular formula is C20H10F3N5O3. The molecule has 0 fully saturated rings. The van der Waals surface area contributed by atoms with Crippen LogP contribution < -0.4 is 11.3 Å². The molecule has 0 radical (unpaired) electrons. The molecule has 31 heavy (non-hydrogen) atoms. The van der Waals surface area contributed by atoms with Crippen molar-refractivity contribution in [2.45, 2.75) is 6.18 Å². The van der Waals surface area contributed by atoms with E-state index in [2.05, 4.69) is 0 Å². The van der Waals surface area contributed by atoms with Gasteiger partial charge in [-0.15, -0.1) is 0 Å². The van der Waals surface area contributed by atoms with E-state index < -0.39 is 33.6 Å². The van der Waals surface area contributed by atoms with Gasteiger partial charge in [0, 0.05) is 17.7 Å². The third-order valence-corrected chi connectivity index (χ3v) is 4.41. The number of alkyl halides is 3. The minimum Gasteiger partial charge on any atom is -0.384 e. The first kappa shape index (κ1) is 21.1. The van der Waals surface area contributed by atoms with Gasteiger partial charge in [-0.3, -0.25) is 19.5 Å². The highest BCUT2D eigenvalue weighted by atomic mass is 19.4. The Kier molecular flexibility index (Phi) is 5.20. The molecule has 0 saturated carbocycles. The van der Waals surface area contributed by atoms with Crippen LogP contribution in [0.4, 0.5) is 24.7 Å². The lowest BCUT2D eigenvalue weighted by Gasteiger charge is -2.17. The van der Waals surface area contributed by atoms with Crippen molar-refractivity contribution >= 4 is 11.5 Å². The number of benzene rings is 2. The van der Waals surface area contributed by atoms with Gasteiger partial charge in [-0.2, -0.15) is 23.7 Å². The lowest BCUT2D eigenvalue weighted by molar-refractivity contribution is -0.384. The van der Waals surface area contributed by atoms with Crippen LogP contribution >= 0.6 is 0 Å². The fourth-order valence-electron chi connectivity index (χ4n) is 3.05. The Morgan fingerprint density at radius 3 is 2.26 bits per heavy atom. The van der Waals surface area contributed by atoms with Crippen molar-refractivity contribution in [1.82, 2.24) is 4.57 Å². The van der Waals surface area contributed by atoms with Gasteiger partial charge in [-0.1, -0.05) is 18.2 Å². The number of hydrogen-bond donors (Lipinski definition) is 1. The predicted molar refractivity (Wildman–Crippen MR) is 103 cm³/mol. The van der Waals surface area contributed by atoms with E-state index in [1.807, 2.05) is 0 Å². The first-order valence-corrected chi connectivity index (χ1v) is 8.41. The van der Waals surface area contributed by atoms with Gasteiger partial charge in [-0.25, -0.2) is 0 Å². The molecule has 11 heteroatoms. The number of pyridine rings is 1. The molecule has 1 aromatic heterocycles. The van der Waals surface area contributed by atoms with E-state index >= 15 is 0 Å². The second-order valence-corrected chi connectivity index (χ2v) is 6.23. The zero-order valence-corrected chi connectivity index (χ0v) is 15.3. The summed E-state index contributed by atoms with van der Waals surface area (Å²) in [6, 6.07) is 11.9. The summed E-state index contributed by atoms with van der Waals surface area (Å²) < 4.78 is 39.9. The monoisotopic (exact) mass is 425 g/mol. The lowest BCUT2D eigenvalue weighted by Crippen LogP contribution is -2.26. The van der Waals surface area contributed by atoms with Gasteiger partial charge in [0.15, 0.2) is 0 Å². The van der Waals surface area contributed by atoms with Crippen molar-refractivity contribution in [1.29, 1.82) is 10.5 Å². The van der Waals surface area contributed by atoms with E-state index in [-0.39, 0.29) is 28.1 Å². The Hall–Kier alpha value is -4.64. The highest BCUT2D eigenvalue weighted by molar-refractivity contribution is 5.82. The molecule has 0 aliphatic rings. The summed E-state index contributed by atoms with van der Waals surface area (Å²) in [4.78, 5) is 23.4. The number of rotatable bonds is 3. The Morgan fingerprint density at radius 1 is 1.03 bits per heavy atom. The Morgan fingerprint density at radius 2 is 1.68 bits per heavy atom. The highest BCUT2D eigenvalue weighted by Crippen LogP contribution is 2.34. The minimum absolute atomic E-state index is 0.0160. The maximum atomic E-state index is 13.1. The molecule has 2 N–H and O–H groups in total. The number of anilines is 1. The molecule has 1 heterocycles. The minimum atomic E-state index is -4.70. The average Bonchev–Trinajstić information content (AvgIpc) is 2.73. The number of nitrogens with zero attached hydrogens (tertiary/aromatic N) is 4. The maximum absolute atomic E-state index is 13.1. The molecule has 0 aliphatic heterocycles. The number of aromatic nitrogens is 1. The number of hydrogen-bond acceptors (Lipinski definition) is 6. The molecule has 154 valence electrons. The fraction of sp³-hybridized carbons (Fsp3) is 0.0500. The summed E-state index contributed by atoms with van der Waals surface area (Å²) in [5.41, 5.74) is 1.99. The topological polar surface area (TPSA) is 139 Å². The number of halogens is 3. The van der Waals surface area contributed by atoms with Gasteiger partial charge >= 0.3 is 6.18 Å². The van der Waals surface area contributed by atoms with Gasteiger partial charge in [-0.05, 0) is 23.8 Å². The smallest absolute Gasteiger partial charge is 0.384 e. The van der Waals surface area contributed by atoms with Gasteiger partial charge in [0.25, 0.3) is 11.2 Å². The molecule has 3 rings (SSSR count). The molecule has 8 nitrogen and oxygen atoms in total. The van der Waals surface area contributed by atoms with E-state index in [0.717, 1.165) is 18.2 Å². The SMILES string of the molecule is N#Cc1c(-c2cccc([N+](=O)[O-])c2)c(C#N)c(=O)n(-c2cccc(C(F)(F)F)c2)c1N. The predicted octanol–water partition coefficient (Wildman–Crippen LogP) is 3.76. The van der Waals surface area contributed by atoms with Crippen LogP contribution in [-0.2, 0) is 6.18 Å². The van der Waals surface area contributed by atoms with Crippen molar-refractivity contribution < 1.29 is 18.1 Å². The maximum Gasteiger partial charge on any atom is 0.416 e. The second kappa shape index (κ2) is 7.65. The number of nitriles is 2. The summed E-state index contributed by atoms with van der Waals surface area (Å²) in [6.45, 7) is 0. The summed E-state index contributed by atoms with van der Waals surface area (Å²) >= 11 is 0. The number of nitrogens with two attached hydrogens (primary N) is 1. The zero-order valence-electron chi connectivity index (χ0n) is 15.3. The Bertz CT molecular complexity index is 1360. The van der Waals surface area contributed by atoms with E-state index in [4.69, 9.17) is 5.73 Å². The summed E-state index contributed by atoms with van der Waals surface area (Å²) in [6.07, 6.45) is -4.70. The molecule has 0 amide bonds. The van der Waals surface area contributed by atoms with Crippen molar-refractivity contribution in [3.05, 3.63) is 85.7 Å². The largest absolute Gasteiger partial charge is 0.416 e. The molecule has 0 saturated heterocycles. The van der Waals surface area contributed by atoms with Gasteiger partial charge in [0.2, 0.25) is 0 Å². The van der Waals surface area contributed by atoms with Gasteiger partial charge < -0.3 is 5.73 Å². The third-order valence-electron chi connectivity index (χ3n) is 4.41. The third kappa shape index (κ3) is 3.68. The molecule has 3 aromatic rings. The van der Waals surface area contributed by atoms with Crippen LogP contribution in [-0.4, -0.2) is 9.49 Å². The summed E-state index contributed by atoms with van der Waals surface area (Å²) in [7, 11) is 0. The van der Waals surface area contributed by atoms with Crippen LogP contribution in [0.2, 0.25) is 0 Å². The lowest BCUT2D eigenvalue weighted by atomic mass is 9.95. The normalized spacial score (nSPS) is 10.9. The fourth-order valence-corrected chi connectivity index (χ4v) is 3.05. The highest BCUT2D eigenvalue weighted by Gasteiger charge is 2.31. The molecule has 0 atom stereocenters. The molecule has 0 spiro atoms. The van der Waals surface area contributed by atoms with Gasteiger partial charge in [0.05, 0.1) is 16.2 Å². The quantitative estimate of drug-likeness (QED) is 0.501. The van der Waals surface area contributed by atoms with E-state index in [1.165, 1.54) is 24.3 Å². The van der Waals surface area contributed by atoms with Crippen LogP contribution in [0.3, 0.4) is 0 Å². The van der Waals surface area contributed by atoms with Crippen molar-refractivity contribution in [3.8, 4) is 29.0 Å². The first-order chi connectivity index (χ1) is 14.6. The van der Waals surface area contributed by atoms with Gasteiger partial charge in [0.1, 0.15) is 29.1 Å². The van der Waals surface area contributed by atoms with E-state index in [9.17, 15) is 38.6 Å². The standard InChI is InChI=1S/C20H10F3N5O3/c21-20(22,23)12-4-2-5-13(8-12)27-18(26)15(9-24)17(16(10-25)19(27)29)11-3-1-6-14(7-11)28(30)31/h1-8H,26H2. The summed E-state index contributed by atoms with van der Waals surface area (Å²) in [5, 5.41) is 30.3. The van der Waals surface area contributed by atoms with Crippen LogP contribution in [0, 0.1) is 32.8 Å². The second-order valence-electron chi connectivity index (χ2n) is 6.23. The Labute approximate surface area is 172 Å². The molecule has 0 aliphatic carbocycles. The van der Waals surface area contributed by atoms with E-state index in [0.29, 0.717) is 10.6 Å². The van der Waals surface area contributed by atoms with Crippen molar-refractivity contribution in [3.63, 3.8) is 0 Å². The molecule has 0 bridgehead atoms. The van der Waals surface area contributed by atoms with Crippen LogP contribution in [0.25, 0.3) is 16.8 Å². The van der Waals surface area contributed by atoms with Crippen LogP contribution in [0.15, 0.2) is 53.3 Å². The van der Waals surface area contributed by atoms with Crippen molar-refractivity contribution in [2.75, 3.05) is 5.73 Å². The summed E-state index contributed by atoms with van der Waals surface area (Å²) in [5.74, 6) is -0.507. The van der Waals surface area contributed by atoms with Crippen LogP contribution in [0.5, 0.6) is 0 Å². The van der Waals surface area contributed by atoms with E-state index in [1.54, 1.807) is 12.1 Å². The average molecular weight is 425 g/mol. The zero-order chi connectivity index (χ0) is 22.9. The van der Waals surface area contributed by atoms with Crippen LogP contribution in [0.1, 0.15) is 16.7 Å². The Balaban J connectivity index is 2.40. The molecule has 2 aromatic carbocycles. The van der Waals surface area contributed by atoms with Crippen molar-refractivity contribution in [2.24, 2.45) is 0 Å². The number of nitro benzene ring substituents is 1. The molecular weight excluding hydrogens is 415 g/mol.